The van der Waals surface area contributed by atoms with Gasteiger partial charge in [0.2, 0.25) is 5.91 Å². The van der Waals surface area contributed by atoms with Crippen LogP contribution in [0.4, 0.5) is 22.7 Å². The lowest BCUT2D eigenvalue weighted by Crippen LogP contribution is -2.25. The van der Waals surface area contributed by atoms with E-state index in [0.29, 0.717) is 11.4 Å². The van der Waals surface area contributed by atoms with Gasteiger partial charge in [-0.15, -0.1) is 0 Å². The maximum atomic E-state index is 12.5. The molecule has 0 unspecified atom stereocenters. The highest BCUT2D eigenvalue weighted by molar-refractivity contribution is 6.00. The first-order valence-electron chi connectivity index (χ1n) is 9.69. The number of methoxy groups -OCH3 is 1. The highest BCUT2D eigenvalue weighted by Crippen LogP contribution is 2.34. The van der Waals surface area contributed by atoms with Crippen molar-refractivity contribution in [1.82, 2.24) is 4.57 Å². The number of benzene rings is 2. The molecule has 0 radical (unpaired) electrons. The lowest BCUT2D eigenvalue weighted by Gasteiger charge is -2.18. The number of aromatic nitrogens is 1. The van der Waals surface area contributed by atoms with Gasteiger partial charge >= 0.3 is 0 Å². The van der Waals surface area contributed by atoms with Crippen LogP contribution >= 0.6 is 0 Å². The number of pyridine rings is 1. The first kappa shape index (κ1) is 21.7. The lowest BCUT2D eigenvalue weighted by atomic mass is 10.0. The third-order valence-electron chi connectivity index (χ3n) is 4.80. The summed E-state index contributed by atoms with van der Waals surface area (Å²) in [7, 11) is 7.01. The standard InChI is InChI=1S/C24H26N4O3/c1-6-23(29)26-18-9-12-21(25-17-7-10-19(31-5)11-8-17)20(14-18)16-13-22(27(2)3)24(30)28(4)15-16/h6-15,25H,1H2,2-5H3,(H,26,29). The van der Waals surface area contributed by atoms with Gasteiger partial charge in [0.25, 0.3) is 5.56 Å². The zero-order valence-corrected chi connectivity index (χ0v) is 18.1. The molecule has 31 heavy (non-hydrogen) atoms. The van der Waals surface area contributed by atoms with E-state index in [0.717, 1.165) is 28.3 Å². The summed E-state index contributed by atoms with van der Waals surface area (Å²) in [6.45, 7) is 3.50. The van der Waals surface area contributed by atoms with Crippen LogP contribution in [0.25, 0.3) is 11.1 Å². The molecule has 160 valence electrons. The largest absolute Gasteiger partial charge is 0.497 e. The van der Waals surface area contributed by atoms with Gasteiger partial charge in [-0.05, 0) is 54.6 Å². The molecule has 0 aliphatic carbocycles. The first-order chi connectivity index (χ1) is 14.8. The number of anilines is 4. The molecule has 1 aromatic heterocycles. The second kappa shape index (κ2) is 9.21. The molecule has 0 fully saturated rings. The number of hydrogen-bond donors (Lipinski definition) is 2. The number of rotatable bonds is 7. The number of nitrogens with one attached hydrogen (secondary N) is 2. The van der Waals surface area contributed by atoms with Crippen molar-refractivity contribution in [2.75, 3.05) is 36.7 Å². The fourth-order valence-corrected chi connectivity index (χ4v) is 3.15. The second-order valence-corrected chi connectivity index (χ2v) is 7.23. The molecule has 0 atom stereocenters. The highest BCUT2D eigenvalue weighted by atomic mass is 16.5. The molecule has 3 aromatic rings. The summed E-state index contributed by atoms with van der Waals surface area (Å²) >= 11 is 0. The van der Waals surface area contributed by atoms with Crippen LogP contribution in [0.15, 0.2) is 72.2 Å². The van der Waals surface area contributed by atoms with Crippen LogP contribution in [-0.4, -0.2) is 31.7 Å². The molecule has 0 aliphatic rings. The zero-order valence-electron chi connectivity index (χ0n) is 18.1. The second-order valence-electron chi connectivity index (χ2n) is 7.23. The Morgan fingerprint density at radius 2 is 1.77 bits per heavy atom. The van der Waals surface area contributed by atoms with Gasteiger partial charge in [0.05, 0.1) is 7.11 Å². The van der Waals surface area contributed by atoms with E-state index in [2.05, 4.69) is 17.2 Å². The first-order valence-corrected chi connectivity index (χ1v) is 9.69. The van der Waals surface area contributed by atoms with Gasteiger partial charge in [-0.3, -0.25) is 9.59 Å². The quantitative estimate of drug-likeness (QED) is 0.568. The van der Waals surface area contributed by atoms with Gasteiger partial charge in [0.15, 0.2) is 0 Å². The molecule has 1 amide bonds. The lowest BCUT2D eigenvalue weighted by molar-refractivity contribution is -0.111. The Kier molecular flexibility index (Phi) is 6.45. The summed E-state index contributed by atoms with van der Waals surface area (Å²) in [5, 5.41) is 6.20. The van der Waals surface area contributed by atoms with E-state index in [1.807, 2.05) is 62.6 Å². The van der Waals surface area contributed by atoms with E-state index >= 15 is 0 Å². The van der Waals surface area contributed by atoms with Crippen molar-refractivity contribution in [1.29, 1.82) is 0 Å². The zero-order chi connectivity index (χ0) is 22.5. The van der Waals surface area contributed by atoms with Crippen LogP contribution in [0.3, 0.4) is 0 Å². The van der Waals surface area contributed by atoms with E-state index in [9.17, 15) is 9.59 Å². The summed E-state index contributed by atoms with van der Waals surface area (Å²) in [4.78, 5) is 26.1. The van der Waals surface area contributed by atoms with Gasteiger partial charge in [-0.2, -0.15) is 0 Å². The predicted molar refractivity (Wildman–Crippen MR) is 127 cm³/mol. The summed E-state index contributed by atoms with van der Waals surface area (Å²) in [5.41, 5.74) is 4.46. The molecule has 7 heteroatoms. The number of carbonyl (C=O) groups excluding carboxylic acids is 1. The fraction of sp³-hybridized carbons (Fsp3) is 0.167. The fourth-order valence-electron chi connectivity index (χ4n) is 3.15. The van der Waals surface area contributed by atoms with Gasteiger partial charge < -0.3 is 24.8 Å². The van der Waals surface area contributed by atoms with Gasteiger partial charge in [0.1, 0.15) is 11.4 Å². The molecule has 0 spiro atoms. The Hall–Kier alpha value is -4.00. The minimum atomic E-state index is -0.295. The normalized spacial score (nSPS) is 10.3. The van der Waals surface area contributed by atoms with Crippen molar-refractivity contribution >= 4 is 28.7 Å². The summed E-state index contributed by atoms with van der Waals surface area (Å²) in [6.07, 6.45) is 3.00. The van der Waals surface area contributed by atoms with Crippen molar-refractivity contribution in [2.45, 2.75) is 0 Å². The molecule has 0 aliphatic heterocycles. The third-order valence-corrected chi connectivity index (χ3v) is 4.80. The molecule has 0 bridgehead atoms. The number of ether oxygens (including phenoxy) is 1. The summed E-state index contributed by atoms with van der Waals surface area (Å²) in [6, 6.07) is 15.0. The highest BCUT2D eigenvalue weighted by Gasteiger charge is 2.13. The molecule has 1 heterocycles. The molecule has 2 aromatic carbocycles. The maximum Gasteiger partial charge on any atom is 0.273 e. The maximum absolute atomic E-state index is 12.5. The number of carbonyl (C=O) groups is 1. The van der Waals surface area contributed by atoms with E-state index in [1.54, 1.807) is 29.8 Å². The minimum Gasteiger partial charge on any atom is -0.497 e. The molecular weight excluding hydrogens is 392 g/mol. The van der Waals surface area contributed by atoms with Crippen LogP contribution in [0.2, 0.25) is 0 Å². The Morgan fingerprint density at radius 3 is 2.39 bits per heavy atom. The Morgan fingerprint density at radius 1 is 1.10 bits per heavy atom. The molecule has 0 saturated heterocycles. The average Bonchev–Trinajstić information content (AvgIpc) is 2.76. The number of hydrogen-bond acceptors (Lipinski definition) is 5. The van der Waals surface area contributed by atoms with Crippen LogP contribution in [0, 0.1) is 0 Å². The van der Waals surface area contributed by atoms with E-state index in [4.69, 9.17) is 4.74 Å². The van der Waals surface area contributed by atoms with Gasteiger partial charge in [0, 0.05) is 55.5 Å². The van der Waals surface area contributed by atoms with E-state index in [1.165, 1.54) is 6.08 Å². The molecular formula is C24H26N4O3. The smallest absolute Gasteiger partial charge is 0.273 e. The van der Waals surface area contributed by atoms with E-state index < -0.39 is 0 Å². The van der Waals surface area contributed by atoms with Gasteiger partial charge in [-0.25, -0.2) is 0 Å². The van der Waals surface area contributed by atoms with Crippen LogP contribution in [-0.2, 0) is 11.8 Å². The topological polar surface area (TPSA) is 75.6 Å². The van der Waals surface area contributed by atoms with Crippen LogP contribution in [0.5, 0.6) is 5.75 Å². The SMILES string of the molecule is C=CC(=O)Nc1ccc(Nc2ccc(OC)cc2)c(-c2cc(N(C)C)c(=O)n(C)c2)c1. The molecule has 3 rings (SSSR count). The van der Waals surface area contributed by atoms with Crippen LogP contribution < -0.4 is 25.8 Å². The van der Waals surface area contributed by atoms with E-state index in [-0.39, 0.29) is 11.5 Å². The Balaban J connectivity index is 2.12. The molecule has 2 N–H and O–H groups in total. The third kappa shape index (κ3) is 4.95. The monoisotopic (exact) mass is 418 g/mol. The molecule has 0 saturated carbocycles. The Labute approximate surface area is 181 Å². The summed E-state index contributed by atoms with van der Waals surface area (Å²) in [5.74, 6) is 0.471. The Bertz CT molecular complexity index is 1160. The van der Waals surface area contributed by atoms with Crippen molar-refractivity contribution in [3.63, 3.8) is 0 Å². The van der Waals surface area contributed by atoms with Crippen molar-refractivity contribution in [3.05, 3.63) is 77.7 Å². The van der Waals surface area contributed by atoms with Crippen molar-refractivity contribution < 1.29 is 9.53 Å². The van der Waals surface area contributed by atoms with Gasteiger partial charge in [-0.1, -0.05) is 6.58 Å². The number of nitrogens with zero attached hydrogens (tertiary/aromatic N) is 2. The summed E-state index contributed by atoms with van der Waals surface area (Å²) < 4.78 is 6.78. The predicted octanol–water partition coefficient (Wildman–Crippen LogP) is 4.00. The number of aryl methyl sites for hydroxylation is 1. The number of amides is 1. The average molecular weight is 418 g/mol. The molecule has 7 nitrogen and oxygen atoms in total. The minimum absolute atomic E-state index is 0.0884. The van der Waals surface area contributed by atoms with Crippen LogP contribution in [0.1, 0.15) is 0 Å². The van der Waals surface area contributed by atoms with Crippen molar-refractivity contribution in [2.24, 2.45) is 7.05 Å². The van der Waals surface area contributed by atoms with Crippen molar-refractivity contribution in [3.8, 4) is 16.9 Å².